The minimum atomic E-state index is -0.533. The molecule has 0 saturated carbocycles. The van der Waals surface area contributed by atoms with Gasteiger partial charge in [0.1, 0.15) is 47.6 Å². The summed E-state index contributed by atoms with van der Waals surface area (Å²) in [4.78, 5) is 53.7. The van der Waals surface area contributed by atoms with Crippen molar-refractivity contribution in [3.8, 4) is 34.1 Å². The molecule has 2 N–H and O–H groups in total. The molecular formula is C66H74N8O10. The van der Waals surface area contributed by atoms with E-state index in [4.69, 9.17) is 28.4 Å². The molecule has 2 aromatic heterocycles. The molecule has 18 heteroatoms. The second kappa shape index (κ2) is 25.4. The molecule has 4 aromatic carbocycles. The maximum absolute atomic E-state index is 13.6. The van der Waals surface area contributed by atoms with Crippen LogP contribution in [0.15, 0.2) is 155 Å². The molecule has 438 valence electrons. The number of nitrogens with zero attached hydrogens (tertiary/aromatic N) is 6. The van der Waals surface area contributed by atoms with E-state index in [0.29, 0.717) is 109 Å². The van der Waals surface area contributed by atoms with E-state index in [1.807, 2.05) is 123 Å². The average Bonchev–Trinajstić information content (AvgIpc) is 1.62. The van der Waals surface area contributed by atoms with E-state index in [9.17, 15) is 19.2 Å². The Morgan fingerprint density at radius 3 is 1.25 bits per heavy atom. The van der Waals surface area contributed by atoms with Crippen molar-refractivity contribution in [2.75, 3.05) is 26.4 Å². The predicted octanol–water partition coefficient (Wildman–Crippen LogP) is 11.0. The first-order chi connectivity index (χ1) is 40.4. The van der Waals surface area contributed by atoms with Gasteiger partial charge in [0.05, 0.1) is 50.0 Å². The Bertz CT molecular complexity index is 3300. The fourth-order valence-corrected chi connectivity index (χ4v) is 11.7. The zero-order valence-electron chi connectivity index (χ0n) is 49.2. The Kier molecular flexibility index (Phi) is 17.6. The summed E-state index contributed by atoms with van der Waals surface area (Å²) in [5.74, 6) is 0.965. The number of ether oxygens (including phenoxy) is 6. The van der Waals surface area contributed by atoms with E-state index < -0.39 is 23.8 Å². The lowest BCUT2D eigenvalue weighted by atomic mass is 9.68. The van der Waals surface area contributed by atoms with Gasteiger partial charge in [-0.3, -0.25) is 19.0 Å². The lowest BCUT2D eigenvalue weighted by molar-refractivity contribution is -0.139. The summed E-state index contributed by atoms with van der Waals surface area (Å²) in [6.07, 6.45) is 7.42. The summed E-state index contributed by atoms with van der Waals surface area (Å²) in [6.45, 7) is 18.8. The Hall–Kier alpha value is -8.80. The average molecular weight is 1140 g/mol. The second-order valence-electron chi connectivity index (χ2n) is 23.4. The number of hydrogen-bond acceptors (Lipinski definition) is 16. The number of allylic oxidation sites excluding steroid dienone is 6. The van der Waals surface area contributed by atoms with Crippen LogP contribution in [0.5, 0.6) is 23.0 Å². The molecule has 0 amide bonds. The zero-order chi connectivity index (χ0) is 59.1. The zero-order valence-corrected chi connectivity index (χ0v) is 49.2. The van der Waals surface area contributed by atoms with E-state index in [1.54, 1.807) is 23.2 Å². The topological polar surface area (TPSA) is 209 Å². The molecule has 0 bridgehead atoms. The van der Waals surface area contributed by atoms with Crippen LogP contribution in [0.3, 0.4) is 0 Å². The molecule has 84 heavy (non-hydrogen) atoms. The number of carbonyl (C=O) groups excluding carboxylic acids is 4. The molecule has 2 unspecified atom stereocenters. The van der Waals surface area contributed by atoms with Crippen molar-refractivity contribution in [2.45, 2.75) is 132 Å². The van der Waals surface area contributed by atoms with Crippen molar-refractivity contribution < 1.29 is 47.6 Å². The van der Waals surface area contributed by atoms with Crippen molar-refractivity contribution in [1.82, 2.24) is 40.6 Å². The van der Waals surface area contributed by atoms with E-state index in [2.05, 4.69) is 59.0 Å². The van der Waals surface area contributed by atoms with Crippen LogP contribution in [0.1, 0.15) is 128 Å². The van der Waals surface area contributed by atoms with Gasteiger partial charge in [0, 0.05) is 84.5 Å². The van der Waals surface area contributed by atoms with E-state index in [1.165, 1.54) is 0 Å². The third kappa shape index (κ3) is 13.6. The molecule has 4 aliphatic rings. The Labute approximate surface area is 490 Å². The fourth-order valence-electron chi connectivity index (χ4n) is 11.7. The molecule has 6 aromatic rings. The monoisotopic (exact) mass is 1140 g/mol. The quantitative estimate of drug-likeness (QED) is 0.0451. The highest BCUT2D eigenvalue weighted by atomic mass is 16.5. The third-order valence-electron chi connectivity index (χ3n) is 15.5. The number of rotatable bonds is 23. The van der Waals surface area contributed by atoms with Crippen LogP contribution in [0.25, 0.3) is 11.1 Å². The molecule has 0 spiro atoms. The molecule has 4 heterocycles. The number of ketones is 2. The molecule has 0 fully saturated rings. The Morgan fingerprint density at radius 2 is 0.881 bits per heavy atom. The van der Waals surface area contributed by atoms with Gasteiger partial charge in [0.15, 0.2) is 11.6 Å². The van der Waals surface area contributed by atoms with Gasteiger partial charge in [-0.15, -0.1) is 10.2 Å². The van der Waals surface area contributed by atoms with Gasteiger partial charge in [-0.05, 0) is 122 Å². The molecule has 18 nitrogen and oxygen atoms in total. The summed E-state index contributed by atoms with van der Waals surface area (Å²) in [7, 11) is 0. The first kappa shape index (κ1) is 58.4. The highest BCUT2D eigenvalue weighted by Crippen LogP contribution is 2.49. The van der Waals surface area contributed by atoms with Gasteiger partial charge >= 0.3 is 11.9 Å². The van der Waals surface area contributed by atoms with E-state index in [-0.39, 0.29) is 48.8 Å². The second-order valence-corrected chi connectivity index (χ2v) is 23.4. The van der Waals surface area contributed by atoms with Gasteiger partial charge in [0.25, 0.3) is 0 Å². The van der Waals surface area contributed by atoms with Gasteiger partial charge in [0.2, 0.25) is 0 Å². The van der Waals surface area contributed by atoms with Crippen molar-refractivity contribution >= 4 is 23.5 Å². The van der Waals surface area contributed by atoms with Crippen molar-refractivity contribution in [3.63, 3.8) is 0 Å². The summed E-state index contributed by atoms with van der Waals surface area (Å²) < 4.78 is 38.8. The summed E-state index contributed by atoms with van der Waals surface area (Å²) >= 11 is 0. The largest absolute Gasteiger partial charge is 0.494 e. The lowest BCUT2D eigenvalue weighted by Crippen LogP contribution is -2.38. The maximum atomic E-state index is 13.6. The van der Waals surface area contributed by atoms with Crippen LogP contribution in [0.2, 0.25) is 0 Å². The van der Waals surface area contributed by atoms with Crippen molar-refractivity contribution in [2.24, 2.45) is 10.8 Å². The Balaban J connectivity index is 0.628. The number of carbonyl (C=O) groups is 4. The number of hydrogen-bond donors (Lipinski definition) is 2. The summed E-state index contributed by atoms with van der Waals surface area (Å²) in [5, 5.41) is 23.9. The van der Waals surface area contributed by atoms with Gasteiger partial charge in [-0.2, -0.15) is 0 Å². The molecule has 0 radical (unpaired) electrons. The Morgan fingerprint density at radius 1 is 0.524 bits per heavy atom. The van der Waals surface area contributed by atoms with Gasteiger partial charge in [-0.1, -0.05) is 86.7 Å². The molecule has 0 saturated heterocycles. The van der Waals surface area contributed by atoms with Crippen LogP contribution in [-0.4, -0.2) is 79.9 Å². The van der Waals surface area contributed by atoms with Gasteiger partial charge < -0.3 is 39.1 Å². The van der Waals surface area contributed by atoms with Crippen molar-refractivity contribution in [3.05, 3.63) is 177 Å². The number of dihydropyridines is 2. The fraction of sp³-hybridized carbons (Fsp3) is 0.394. The molecule has 2 aliphatic carbocycles. The van der Waals surface area contributed by atoms with Gasteiger partial charge in [-0.25, -0.2) is 9.59 Å². The predicted molar refractivity (Wildman–Crippen MR) is 314 cm³/mol. The minimum absolute atomic E-state index is 0.0402. The number of Topliss-reactive ketones (excluding diaryl/α,β-unsaturated/α-hetero) is 2. The highest BCUT2D eigenvalue weighted by Gasteiger charge is 2.45. The number of aryl methyl sites for hydroxylation is 2. The highest BCUT2D eigenvalue weighted by molar-refractivity contribution is 6.05. The van der Waals surface area contributed by atoms with Crippen LogP contribution in [-0.2, 0) is 55.0 Å². The van der Waals surface area contributed by atoms with Crippen LogP contribution in [0.4, 0.5) is 0 Å². The third-order valence-corrected chi connectivity index (χ3v) is 15.5. The maximum Gasteiger partial charge on any atom is 0.336 e. The number of aromatic nitrogens is 6. The number of benzene rings is 4. The smallest absolute Gasteiger partial charge is 0.336 e. The normalized spacial score (nSPS) is 18.1. The van der Waals surface area contributed by atoms with Crippen LogP contribution < -0.4 is 29.6 Å². The molecular weight excluding hydrogens is 1060 g/mol. The molecule has 10 rings (SSSR count). The number of nitrogens with one attached hydrogen (secondary N) is 2. The molecule has 2 atom stereocenters. The summed E-state index contributed by atoms with van der Waals surface area (Å²) in [6, 6.07) is 31.1. The van der Waals surface area contributed by atoms with Crippen LogP contribution in [0, 0.1) is 10.8 Å². The first-order valence-corrected chi connectivity index (χ1v) is 29.0. The van der Waals surface area contributed by atoms with E-state index >= 15 is 0 Å². The standard InChI is InChI=1S/C66H74N8O10/c1-9-79-63(77)57-41(3)67-53-33-65(5,6)35-55(75)61(53)59(57)45-17-25-51(26-18-45)83-39-47-37-73(71-69-47)29-11-31-81-49-21-13-43(14-22-49)44-15-23-50(24-16-44)82-32-12-30-74-38-48(70-72-74)40-84-52-27-19-46(20-28-52)60-58(64(78)80-10-2)42(4)68-54-34-66(7,8)36-56(76)62(54)60/h13-28,37-38,59-60,67-68H,9-12,29-36,39-40H2,1-8H3. The molecule has 2 aliphatic heterocycles. The summed E-state index contributed by atoms with van der Waals surface area (Å²) in [5.41, 5.74) is 10.1. The SMILES string of the molecule is CCOC(=O)C1=C(C)NC2=C(C(=O)CC(C)(C)C2)C1c1ccc(OCc2cn(CCCOc3ccc(-c4ccc(OCCCn5cc(COc6ccc(C7C(C(=O)OCC)=C(C)NC8=C7C(=O)CC(C)(C)C8)cc6)nn5)cc4)cc3)nn2)cc1. The lowest BCUT2D eigenvalue weighted by Gasteiger charge is -2.39. The number of esters is 2. The van der Waals surface area contributed by atoms with Crippen molar-refractivity contribution in [1.29, 1.82) is 0 Å². The minimum Gasteiger partial charge on any atom is -0.494 e. The van der Waals surface area contributed by atoms with Crippen LogP contribution >= 0.6 is 0 Å². The van der Waals surface area contributed by atoms with E-state index in [0.717, 1.165) is 58.0 Å². The first-order valence-electron chi connectivity index (χ1n) is 29.0.